The molecule has 0 saturated carbocycles. The van der Waals surface area contributed by atoms with Crippen molar-refractivity contribution in [1.82, 2.24) is 24.7 Å². The Morgan fingerprint density at radius 1 is 1.16 bits per heavy atom. The monoisotopic (exact) mass is 542 g/mol. The molecule has 1 aliphatic heterocycles. The summed E-state index contributed by atoms with van der Waals surface area (Å²) in [6.45, 7) is 1.74. The van der Waals surface area contributed by atoms with Gasteiger partial charge in [0.15, 0.2) is 27.2 Å². The molecule has 198 valence electrons. The van der Waals surface area contributed by atoms with E-state index < -0.39 is 21.5 Å². The quantitative estimate of drug-likeness (QED) is 0.355. The molecule has 0 bridgehead atoms. The lowest BCUT2D eigenvalue weighted by atomic mass is 10.1. The first-order valence-electron chi connectivity index (χ1n) is 11.8. The van der Waals surface area contributed by atoms with Gasteiger partial charge in [-0.2, -0.15) is 5.10 Å². The molecule has 3 aromatic heterocycles. The number of nitrogens with one attached hydrogen (secondary N) is 1. The maximum absolute atomic E-state index is 14.8. The topological polar surface area (TPSA) is 121 Å². The molecule has 4 aromatic rings. The molecule has 4 heterocycles. The first-order chi connectivity index (χ1) is 18.3. The predicted molar refractivity (Wildman–Crippen MR) is 135 cm³/mol. The van der Waals surface area contributed by atoms with Crippen LogP contribution < -0.4 is 14.8 Å². The Kier molecular flexibility index (Phi) is 6.93. The third-order valence-corrected chi connectivity index (χ3v) is 7.60. The van der Waals surface area contributed by atoms with Gasteiger partial charge < -0.3 is 14.8 Å². The third-order valence-electron chi connectivity index (χ3n) is 6.04. The number of methoxy groups -OCH3 is 1. The van der Waals surface area contributed by atoms with Crippen LogP contribution in [0.4, 0.5) is 20.3 Å². The average Bonchev–Trinajstić information content (AvgIpc) is 3.23. The molecule has 0 spiro atoms. The van der Waals surface area contributed by atoms with Crippen LogP contribution in [0, 0.1) is 11.6 Å². The zero-order chi connectivity index (χ0) is 26.9. The molecule has 38 heavy (non-hydrogen) atoms. The van der Waals surface area contributed by atoms with E-state index in [4.69, 9.17) is 9.47 Å². The van der Waals surface area contributed by atoms with E-state index in [9.17, 15) is 17.2 Å². The molecule has 0 aliphatic carbocycles. The number of hydrogen-bond acceptors (Lipinski definition) is 9. The number of sulfone groups is 1. The number of aromatic nitrogens is 5. The van der Waals surface area contributed by atoms with E-state index in [1.165, 1.54) is 18.0 Å². The zero-order valence-electron chi connectivity index (χ0n) is 20.6. The third kappa shape index (κ3) is 5.14. The van der Waals surface area contributed by atoms with Crippen molar-refractivity contribution in [3.05, 3.63) is 71.3 Å². The second-order valence-corrected chi connectivity index (χ2v) is 10.7. The second-order valence-electron chi connectivity index (χ2n) is 8.54. The van der Waals surface area contributed by atoms with Crippen LogP contribution in [0.15, 0.2) is 42.9 Å². The van der Waals surface area contributed by atoms with Gasteiger partial charge in [0.2, 0.25) is 0 Å². The highest BCUT2D eigenvalue weighted by Gasteiger charge is 2.31. The van der Waals surface area contributed by atoms with Gasteiger partial charge in [0, 0.05) is 53.5 Å². The van der Waals surface area contributed by atoms with Crippen LogP contribution in [0.2, 0.25) is 0 Å². The first kappa shape index (κ1) is 25.5. The van der Waals surface area contributed by atoms with Gasteiger partial charge in [0.25, 0.3) is 0 Å². The lowest BCUT2D eigenvalue weighted by molar-refractivity contribution is 0.335. The van der Waals surface area contributed by atoms with Gasteiger partial charge >= 0.3 is 0 Å². The smallest absolute Gasteiger partial charge is 0.182 e. The minimum absolute atomic E-state index is 0.0846. The van der Waals surface area contributed by atoms with Gasteiger partial charge in [-0.15, -0.1) is 0 Å². The molecular formula is C25H24F2N6O4S. The number of ether oxygens (including phenoxy) is 2. The Balaban J connectivity index is 1.58. The Labute approximate surface area is 217 Å². The maximum Gasteiger partial charge on any atom is 0.182 e. The fourth-order valence-electron chi connectivity index (χ4n) is 4.25. The Morgan fingerprint density at radius 2 is 1.89 bits per heavy atom. The summed E-state index contributed by atoms with van der Waals surface area (Å²) in [5, 5.41) is 7.68. The fraction of sp³-hybridized carbons (Fsp3) is 0.280. The van der Waals surface area contributed by atoms with E-state index in [1.54, 1.807) is 31.5 Å². The normalized spacial score (nSPS) is 14.1. The summed E-state index contributed by atoms with van der Waals surface area (Å²) in [7, 11) is -1.94. The van der Waals surface area contributed by atoms with Gasteiger partial charge in [-0.1, -0.05) is 0 Å². The molecular weight excluding hydrogens is 518 g/mol. The molecule has 0 saturated heterocycles. The van der Waals surface area contributed by atoms with Crippen molar-refractivity contribution >= 4 is 21.3 Å². The van der Waals surface area contributed by atoms with Gasteiger partial charge in [-0.25, -0.2) is 27.2 Å². The van der Waals surface area contributed by atoms with Gasteiger partial charge in [0.1, 0.15) is 23.1 Å². The standard InChI is InChI=1S/C25H24F2N6O4S/c1-3-37-16-10-19(26)17(20(27)11-16)13-33-21-6-9-38(34,35)14-18(21)23(32-33)25-29-12-22(36-2)24(31-25)30-15-4-7-28-8-5-15/h4-5,7-8,10-12H,3,6,9,13-14H2,1-2H3,(H,28,29,30,31). The summed E-state index contributed by atoms with van der Waals surface area (Å²) in [5.74, 6) is -1.05. The fourth-order valence-corrected chi connectivity index (χ4v) is 5.64. The highest BCUT2D eigenvalue weighted by molar-refractivity contribution is 7.90. The number of hydrogen-bond donors (Lipinski definition) is 1. The lowest BCUT2D eigenvalue weighted by Gasteiger charge is -2.16. The summed E-state index contributed by atoms with van der Waals surface area (Å²) >= 11 is 0. The summed E-state index contributed by atoms with van der Waals surface area (Å²) in [6, 6.07) is 5.72. The zero-order valence-corrected chi connectivity index (χ0v) is 21.4. The molecule has 0 atom stereocenters. The molecule has 0 unspecified atom stereocenters. The van der Waals surface area contributed by atoms with E-state index in [1.807, 2.05) is 0 Å². The molecule has 1 aliphatic rings. The van der Waals surface area contributed by atoms with Gasteiger partial charge in [-0.05, 0) is 19.1 Å². The SMILES string of the molecule is CCOc1cc(F)c(Cn2nc(-c3ncc(OC)c(Nc4ccncc4)n3)c3c2CCS(=O)(=O)C3)c(F)c1. The Hall–Kier alpha value is -4.13. The summed E-state index contributed by atoms with van der Waals surface area (Å²) < 4.78 is 66.8. The van der Waals surface area contributed by atoms with E-state index in [-0.39, 0.29) is 53.9 Å². The van der Waals surface area contributed by atoms with Crippen molar-refractivity contribution in [2.24, 2.45) is 0 Å². The van der Waals surface area contributed by atoms with Crippen molar-refractivity contribution in [3.63, 3.8) is 0 Å². The predicted octanol–water partition coefficient (Wildman–Crippen LogP) is 3.68. The second kappa shape index (κ2) is 10.3. The van der Waals surface area contributed by atoms with Crippen LogP contribution >= 0.6 is 0 Å². The minimum Gasteiger partial charge on any atom is -0.494 e. The van der Waals surface area contributed by atoms with E-state index >= 15 is 0 Å². The number of anilines is 2. The number of fused-ring (bicyclic) bond motifs is 1. The molecule has 13 heteroatoms. The molecule has 0 fully saturated rings. The highest BCUT2D eigenvalue weighted by atomic mass is 32.2. The Morgan fingerprint density at radius 3 is 2.58 bits per heavy atom. The number of benzene rings is 1. The number of rotatable bonds is 8. The van der Waals surface area contributed by atoms with Crippen molar-refractivity contribution in [2.75, 3.05) is 24.8 Å². The average molecular weight is 543 g/mol. The molecule has 0 amide bonds. The largest absolute Gasteiger partial charge is 0.494 e. The van der Waals surface area contributed by atoms with E-state index in [0.717, 1.165) is 12.1 Å². The molecule has 0 radical (unpaired) electrons. The van der Waals surface area contributed by atoms with Crippen LogP contribution in [0.25, 0.3) is 11.5 Å². The maximum atomic E-state index is 14.8. The minimum atomic E-state index is -3.41. The van der Waals surface area contributed by atoms with Crippen molar-refractivity contribution < 1.29 is 26.7 Å². The summed E-state index contributed by atoms with van der Waals surface area (Å²) in [5.41, 5.74) is 1.66. The van der Waals surface area contributed by atoms with Crippen LogP contribution in [-0.4, -0.2) is 52.6 Å². The van der Waals surface area contributed by atoms with Crippen LogP contribution in [0.1, 0.15) is 23.7 Å². The highest BCUT2D eigenvalue weighted by Crippen LogP contribution is 2.33. The summed E-state index contributed by atoms with van der Waals surface area (Å²) in [4.78, 5) is 12.9. The van der Waals surface area contributed by atoms with Crippen LogP contribution in [0.3, 0.4) is 0 Å². The van der Waals surface area contributed by atoms with E-state index in [2.05, 4.69) is 25.4 Å². The van der Waals surface area contributed by atoms with Crippen molar-refractivity contribution in [1.29, 1.82) is 0 Å². The molecule has 10 nitrogen and oxygen atoms in total. The van der Waals surface area contributed by atoms with E-state index in [0.29, 0.717) is 28.5 Å². The molecule has 1 aromatic carbocycles. The van der Waals surface area contributed by atoms with Crippen molar-refractivity contribution in [3.8, 4) is 23.0 Å². The summed E-state index contributed by atoms with van der Waals surface area (Å²) in [6.07, 6.45) is 4.81. The van der Waals surface area contributed by atoms with Gasteiger partial charge in [0.05, 0.1) is 38.0 Å². The first-order valence-corrected chi connectivity index (χ1v) is 13.6. The molecule has 1 N–H and O–H groups in total. The van der Waals surface area contributed by atoms with Crippen LogP contribution in [0.5, 0.6) is 11.5 Å². The van der Waals surface area contributed by atoms with Crippen LogP contribution in [-0.2, 0) is 28.6 Å². The number of halogens is 2. The number of pyridine rings is 1. The molecule has 5 rings (SSSR count). The Bertz CT molecular complexity index is 1570. The lowest BCUT2D eigenvalue weighted by Crippen LogP contribution is -2.21. The van der Waals surface area contributed by atoms with Crippen molar-refractivity contribution in [2.45, 2.75) is 25.6 Å². The van der Waals surface area contributed by atoms with Gasteiger partial charge in [-0.3, -0.25) is 9.67 Å². The number of nitrogens with zero attached hydrogens (tertiary/aromatic N) is 5.